The van der Waals surface area contributed by atoms with Crippen molar-refractivity contribution in [1.82, 2.24) is 4.90 Å². The lowest BCUT2D eigenvalue weighted by atomic mass is 9.94. The lowest BCUT2D eigenvalue weighted by Crippen LogP contribution is -2.49. The van der Waals surface area contributed by atoms with Crippen LogP contribution in [0.15, 0.2) is 21.8 Å². The van der Waals surface area contributed by atoms with E-state index in [2.05, 4.69) is 0 Å². The van der Waals surface area contributed by atoms with Crippen LogP contribution in [0.4, 0.5) is 0 Å². The minimum absolute atomic E-state index is 0.175. The minimum Gasteiger partial charge on any atom is -0.451 e. The third-order valence-electron chi connectivity index (χ3n) is 3.54. The van der Waals surface area contributed by atoms with Gasteiger partial charge in [-0.05, 0) is 19.8 Å². The lowest BCUT2D eigenvalue weighted by molar-refractivity contribution is -0.0440. The first kappa shape index (κ1) is 15.0. The maximum atomic E-state index is 12.3. The Labute approximate surface area is 117 Å². The van der Waals surface area contributed by atoms with Crippen LogP contribution in [0, 0.1) is 0 Å². The predicted octanol–water partition coefficient (Wildman–Crippen LogP) is 0.568. The van der Waals surface area contributed by atoms with Crippen LogP contribution in [-0.4, -0.2) is 45.0 Å². The van der Waals surface area contributed by atoms with Gasteiger partial charge in [0.25, 0.3) is 15.9 Å². The molecule has 2 N–H and O–H groups in total. The summed E-state index contributed by atoms with van der Waals surface area (Å²) in [7, 11) is -2.32. The van der Waals surface area contributed by atoms with E-state index in [9.17, 15) is 13.2 Å². The van der Waals surface area contributed by atoms with Crippen LogP contribution in [0.25, 0.3) is 0 Å². The average molecular weight is 302 g/mol. The zero-order chi connectivity index (χ0) is 15.0. The molecule has 0 saturated carbocycles. The highest BCUT2D eigenvalue weighted by molar-refractivity contribution is 7.89. The van der Waals surface area contributed by atoms with Crippen molar-refractivity contribution in [2.24, 2.45) is 5.14 Å². The summed E-state index contributed by atoms with van der Waals surface area (Å²) in [6.07, 6.45) is 2.82. The molecular weight excluding hydrogens is 284 g/mol. The Morgan fingerprint density at radius 1 is 1.55 bits per heavy atom. The number of rotatable bonds is 3. The summed E-state index contributed by atoms with van der Waals surface area (Å²) >= 11 is 0. The monoisotopic (exact) mass is 302 g/mol. The molecule has 1 amide bonds. The topological polar surface area (TPSA) is 103 Å². The normalized spacial score (nSPS) is 23.9. The van der Waals surface area contributed by atoms with Gasteiger partial charge in [0, 0.05) is 26.3 Å². The third-order valence-corrected chi connectivity index (χ3v) is 4.32. The SMILES string of the molecule is COC1(C)CCCN(C(=O)c2coc(S(N)(=O)=O)c2)C1. The van der Waals surface area contributed by atoms with E-state index in [0.717, 1.165) is 25.2 Å². The molecule has 0 bridgehead atoms. The lowest BCUT2D eigenvalue weighted by Gasteiger charge is -2.39. The molecule has 0 radical (unpaired) electrons. The molecule has 7 nitrogen and oxygen atoms in total. The van der Waals surface area contributed by atoms with Crippen molar-refractivity contribution in [2.45, 2.75) is 30.5 Å². The van der Waals surface area contributed by atoms with Gasteiger partial charge in [-0.15, -0.1) is 0 Å². The average Bonchev–Trinajstić information content (AvgIpc) is 2.87. The fourth-order valence-corrected chi connectivity index (χ4v) is 2.78. The van der Waals surface area contributed by atoms with Gasteiger partial charge in [-0.1, -0.05) is 0 Å². The summed E-state index contributed by atoms with van der Waals surface area (Å²) in [5.41, 5.74) is -0.199. The van der Waals surface area contributed by atoms with Crippen molar-refractivity contribution in [3.05, 3.63) is 17.9 Å². The summed E-state index contributed by atoms with van der Waals surface area (Å²) < 4.78 is 32.5. The first-order valence-electron chi connectivity index (χ1n) is 6.21. The van der Waals surface area contributed by atoms with Crippen LogP contribution in [0.5, 0.6) is 0 Å². The number of piperidine rings is 1. The molecule has 0 aliphatic carbocycles. The van der Waals surface area contributed by atoms with E-state index in [1.807, 2.05) is 6.92 Å². The van der Waals surface area contributed by atoms with Crippen molar-refractivity contribution in [1.29, 1.82) is 0 Å². The Morgan fingerprint density at radius 3 is 2.80 bits per heavy atom. The van der Waals surface area contributed by atoms with E-state index in [0.29, 0.717) is 13.1 Å². The number of primary sulfonamides is 1. The molecule has 1 aliphatic heterocycles. The molecular formula is C12H18N2O5S. The Balaban J connectivity index is 2.17. The standard InChI is InChI=1S/C12H18N2O5S/c1-12(18-2)4-3-5-14(8-12)11(15)9-6-10(19-7-9)20(13,16)17/h6-7H,3-5,8H2,1-2H3,(H2,13,16,17). The van der Waals surface area contributed by atoms with Crippen molar-refractivity contribution in [3.63, 3.8) is 0 Å². The van der Waals surface area contributed by atoms with Gasteiger partial charge in [-0.3, -0.25) is 4.79 Å². The van der Waals surface area contributed by atoms with Gasteiger partial charge < -0.3 is 14.1 Å². The van der Waals surface area contributed by atoms with Crippen LogP contribution in [0.3, 0.4) is 0 Å². The second-order valence-corrected chi connectivity index (χ2v) is 6.68. The molecule has 1 unspecified atom stereocenters. The first-order valence-corrected chi connectivity index (χ1v) is 7.75. The van der Waals surface area contributed by atoms with E-state index in [4.69, 9.17) is 14.3 Å². The smallest absolute Gasteiger partial charge is 0.271 e. The number of ether oxygens (including phenoxy) is 1. The molecule has 2 heterocycles. The molecule has 1 atom stereocenters. The van der Waals surface area contributed by atoms with Gasteiger partial charge in [0.15, 0.2) is 0 Å². The molecule has 112 valence electrons. The highest BCUT2D eigenvalue weighted by Gasteiger charge is 2.34. The predicted molar refractivity (Wildman–Crippen MR) is 70.6 cm³/mol. The number of sulfonamides is 1. The number of nitrogens with zero attached hydrogens (tertiary/aromatic N) is 1. The highest BCUT2D eigenvalue weighted by Crippen LogP contribution is 2.25. The molecule has 8 heteroatoms. The number of nitrogens with two attached hydrogens (primary N) is 1. The van der Waals surface area contributed by atoms with E-state index in [1.54, 1.807) is 12.0 Å². The van der Waals surface area contributed by atoms with E-state index >= 15 is 0 Å². The summed E-state index contributed by atoms with van der Waals surface area (Å²) in [6.45, 7) is 3.00. The number of carbonyl (C=O) groups is 1. The number of hydrogen-bond acceptors (Lipinski definition) is 5. The maximum Gasteiger partial charge on any atom is 0.271 e. The molecule has 1 aromatic heterocycles. The highest BCUT2D eigenvalue weighted by atomic mass is 32.2. The molecule has 0 aromatic carbocycles. The van der Waals surface area contributed by atoms with Gasteiger partial charge in [0.1, 0.15) is 6.26 Å². The zero-order valence-corrected chi connectivity index (χ0v) is 12.3. The van der Waals surface area contributed by atoms with Crippen LogP contribution in [-0.2, 0) is 14.8 Å². The number of carbonyl (C=O) groups excluding carboxylic acids is 1. The molecule has 20 heavy (non-hydrogen) atoms. The zero-order valence-electron chi connectivity index (χ0n) is 11.5. The van der Waals surface area contributed by atoms with Gasteiger partial charge in [0.05, 0.1) is 11.2 Å². The Kier molecular flexibility index (Phi) is 3.90. The van der Waals surface area contributed by atoms with E-state index in [1.165, 1.54) is 0 Å². The molecule has 0 spiro atoms. The number of methoxy groups -OCH3 is 1. The number of amides is 1. The summed E-state index contributed by atoms with van der Waals surface area (Å²) in [5, 5.41) is 4.54. The first-order chi connectivity index (χ1) is 9.25. The Bertz CT molecular complexity index is 609. The molecule has 1 aromatic rings. The molecule has 1 fully saturated rings. The van der Waals surface area contributed by atoms with Gasteiger partial charge in [0.2, 0.25) is 5.09 Å². The van der Waals surface area contributed by atoms with Crippen molar-refractivity contribution in [2.75, 3.05) is 20.2 Å². The van der Waals surface area contributed by atoms with Crippen molar-refractivity contribution >= 4 is 15.9 Å². The Morgan fingerprint density at radius 2 is 2.25 bits per heavy atom. The van der Waals surface area contributed by atoms with Crippen molar-refractivity contribution in [3.8, 4) is 0 Å². The minimum atomic E-state index is -3.94. The second-order valence-electron chi connectivity index (χ2n) is 5.18. The summed E-state index contributed by atoms with van der Waals surface area (Å²) in [4.78, 5) is 13.9. The quantitative estimate of drug-likeness (QED) is 0.879. The third kappa shape index (κ3) is 3.02. The number of hydrogen-bond donors (Lipinski definition) is 1. The fraction of sp³-hybridized carbons (Fsp3) is 0.583. The fourth-order valence-electron chi connectivity index (χ4n) is 2.31. The van der Waals surface area contributed by atoms with Crippen LogP contribution >= 0.6 is 0 Å². The molecule has 1 aliphatic rings. The second kappa shape index (κ2) is 5.19. The van der Waals surface area contributed by atoms with Crippen LogP contribution in [0.2, 0.25) is 0 Å². The number of likely N-dealkylation sites (tertiary alicyclic amines) is 1. The van der Waals surface area contributed by atoms with Gasteiger partial charge >= 0.3 is 0 Å². The van der Waals surface area contributed by atoms with E-state index in [-0.39, 0.29) is 17.1 Å². The van der Waals surface area contributed by atoms with E-state index < -0.39 is 15.1 Å². The number of furan rings is 1. The largest absolute Gasteiger partial charge is 0.451 e. The summed E-state index contributed by atoms with van der Waals surface area (Å²) in [6, 6.07) is 1.15. The maximum absolute atomic E-state index is 12.3. The Hall–Kier alpha value is -1.38. The van der Waals surface area contributed by atoms with Crippen molar-refractivity contribution < 1.29 is 22.4 Å². The van der Waals surface area contributed by atoms with Gasteiger partial charge in [-0.2, -0.15) is 0 Å². The molecule has 1 saturated heterocycles. The van der Waals surface area contributed by atoms with Crippen LogP contribution in [0.1, 0.15) is 30.1 Å². The summed E-state index contributed by atoms with van der Waals surface area (Å²) in [5.74, 6) is -0.286. The molecule has 2 rings (SSSR count). The van der Waals surface area contributed by atoms with Gasteiger partial charge in [-0.25, -0.2) is 13.6 Å². The van der Waals surface area contributed by atoms with Crippen LogP contribution < -0.4 is 5.14 Å².